The smallest absolute Gasteiger partial charge is 0.354 e. The number of rotatable bonds is 10. The lowest BCUT2D eigenvalue weighted by atomic mass is 10.2. The second-order valence-electron chi connectivity index (χ2n) is 9.12. The van der Waals surface area contributed by atoms with Crippen LogP contribution in [-0.4, -0.2) is 30.2 Å². The third-order valence-electron chi connectivity index (χ3n) is 6.31. The Hall–Kier alpha value is -4.51. The van der Waals surface area contributed by atoms with Crippen LogP contribution in [0.15, 0.2) is 76.3 Å². The zero-order valence-corrected chi connectivity index (χ0v) is 21.2. The number of ether oxygens (including phenoxy) is 1. The highest BCUT2D eigenvalue weighted by atomic mass is 35.5. The maximum atomic E-state index is 13.4. The summed E-state index contributed by atoms with van der Waals surface area (Å²) in [6.45, 7) is -0.632. The van der Waals surface area contributed by atoms with Gasteiger partial charge in [-0.2, -0.15) is 4.98 Å². The zero-order valence-electron chi connectivity index (χ0n) is 20.5. The quantitative estimate of drug-likeness (QED) is 0.300. The van der Waals surface area contributed by atoms with Crippen LogP contribution in [0, 0.1) is 11.8 Å². The number of nitrogens with zero attached hydrogens (tertiary/aromatic N) is 4. The van der Waals surface area contributed by atoms with Crippen molar-refractivity contribution in [1.29, 1.82) is 0 Å². The molecule has 2 aromatic heterocycles. The van der Waals surface area contributed by atoms with E-state index in [4.69, 9.17) is 16.3 Å². The summed E-state index contributed by atoms with van der Waals surface area (Å²) >= 11 is 6.00. The van der Waals surface area contributed by atoms with E-state index in [1.807, 2.05) is 0 Å². The molecular weight excluding hydrogens is 529 g/mol. The minimum atomic E-state index is -0.945. The van der Waals surface area contributed by atoms with Crippen LogP contribution in [0.5, 0.6) is 11.6 Å². The normalized spacial score (nSPS) is 16.1. The van der Waals surface area contributed by atoms with Gasteiger partial charge in [-0.25, -0.2) is 23.5 Å². The van der Waals surface area contributed by atoms with E-state index in [0.717, 1.165) is 10.1 Å². The topological polar surface area (TPSA) is 128 Å². The second kappa shape index (κ2) is 11.1. The Labute approximate surface area is 226 Å². The Balaban J connectivity index is 1.42. The molecule has 1 fully saturated rings. The molecule has 4 aromatic rings. The molecule has 0 amide bonds. The third kappa shape index (κ3) is 6.15. The number of hydrogen-bond donors (Lipinski definition) is 2. The Morgan fingerprint density at radius 3 is 2.46 bits per heavy atom. The molecule has 2 aromatic carbocycles. The van der Waals surface area contributed by atoms with Gasteiger partial charge in [0.15, 0.2) is 0 Å². The Bertz CT molecular complexity index is 1620. The molecule has 0 unspecified atom stereocenters. The van der Waals surface area contributed by atoms with Crippen molar-refractivity contribution >= 4 is 29.2 Å². The molecule has 0 bridgehead atoms. The van der Waals surface area contributed by atoms with E-state index in [0.29, 0.717) is 22.9 Å². The van der Waals surface area contributed by atoms with Crippen LogP contribution in [0.4, 0.5) is 16.0 Å². The first-order valence-electron chi connectivity index (χ1n) is 12.1. The molecule has 0 radical (unpaired) electrons. The molecule has 0 aliphatic heterocycles. The van der Waals surface area contributed by atoms with Gasteiger partial charge in [0.1, 0.15) is 12.4 Å². The fourth-order valence-electron chi connectivity index (χ4n) is 4.13. The molecule has 12 heteroatoms. The summed E-state index contributed by atoms with van der Waals surface area (Å²) in [7, 11) is 0. The molecule has 0 spiro atoms. The number of anilines is 2. The number of nitrogens with one attached hydrogen (secondary N) is 1. The summed E-state index contributed by atoms with van der Waals surface area (Å²) in [6.07, 6.45) is 0.403. The van der Waals surface area contributed by atoms with Gasteiger partial charge < -0.3 is 15.2 Å². The van der Waals surface area contributed by atoms with E-state index in [9.17, 15) is 23.9 Å². The molecule has 2 heterocycles. The van der Waals surface area contributed by atoms with Gasteiger partial charge in [-0.05, 0) is 60.4 Å². The highest BCUT2D eigenvalue weighted by Gasteiger charge is 2.43. The number of carboxylic acids is 1. The number of aliphatic carboxylic acids is 1. The van der Waals surface area contributed by atoms with Crippen LogP contribution in [-0.2, 0) is 24.6 Å². The van der Waals surface area contributed by atoms with Crippen molar-refractivity contribution in [2.75, 3.05) is 5.32 Å². The van der Waals surface area contributed by atoms with E-state index in [2.05, 4.69) is 15.3 Å². The molecule has 1 saturated carbocycles. The van der Waals surface area contributed by atoms with E-state index < -0.39 is 29.9 Å². The maximum Gasteiger partial charge on any atom is 0.354 e. The van der Waals surface area contributed by atoms with Crippen molar-refractivity contribution in [3.63, 3.8) is 0 Å². The minimum Gasteiger partial charge on any atom is -0.481 e. The van der Waals surface area contributed by atoms with Crippen molar-refractivity contribution < 1.29 is 19.0 Å². The van der Waals surface area contributed by atoms with Crippen LogP contribution in [0.25, 0.3) is 0 Å². The van der Waals surface area contributed by atoms with Gasteiger partial charge in [0.2, 0.25) is 11.8 Å². The third-order valence-corrected chi connectivity index (χ3v) is 6.56. The highest BCUT2D eigenvalue weighted by molar-refractivity contribution is 6.30. The van der Waals surface area contributed by atoms with Crippen LogP contribution < -0.4 is 21.4 Å². The molecule has 39 heavy (non-hydrogen) atoms. The lowest BCUT2D eigenvalue weighted by Gasteiger charge is -2.16. The van der Waals surface area contributed by atoms with E-state index >= 15 is 0 Å². The van der Waals surface area contributed by atoms with E-state index in [1.54, 1.807) is 66.7 Å². The number of hydrogen-bond acceptors (Lipinski definition) is 7. The number of halogens is 2. The van der Waals surface area contributed by atoms with Crippen LogP contribution in [0.2, 0.25) is 5.02 Å². The molecule has 200 valence electrons. The van der Waals surface area contributed by atoms with Crippen molar-refractivity contribution in [3.05, 3.63) is 104 Å². The molecular formula is C27H23ClFN5O5. The monoisotopic (exact) mass is 551 g/mol. The number of benzene rings is 2. The summed E-state index contributed by atoms with van der Waals surface area (Å²) in [5.74, 6) is -1.11. The van der Waals surface area contributed by atoms with Crippen molar-refractivity contribution in [2.45, 2.75) is 26.2 Å². The van der Waals surface area contributed by atoms with Gasteiger partial charge in [-0.1, -0.05) is 29.8 Å². The van der Waals surface area contributed by atoms with E-state index in [-0.39, 0.29) is 36.5 Å². The minimum absolute atomic E-state index is 0.0211. The molecule has 5 rings (SSSR count). The molecule has 1 aliphatic rings. The van der Waals surface area contributed by atoms with Crippen molar-refractivity contribution in [2.24, 2.45) is 11.8 Å². The lowest BCUT2D eigenvalue weighted by Crippen LogP contribution is -2.43. The van der Waals surface area contributed by atoms with Gasteiger partial charge >= 0.3 is 17.3 Å². The number of carbonyl (C=O) groups is 1. The largest absolute Gasteiger partial charge is 0.481 e. The summed E-state index contributed by atoms with van der Waals surface area (Å²) in [4.78, 5) is 45.7. The fraction of sp³-hybridized carbons (Fsp3) is 0.222. The van der Waals surface area contributed by atoms with Gasteiger partial charge in [-0.15, -0.1) is 0 Å². The lowest BCUT2D eigenvalue weighted by molar-refractivity contribution is -0.138. The fourth-order valence-corrected chi connectivity index (χ4v) is 4.25. The first kappa shape index (κ1) is 26.1. The second-order valence-corrected chi connectivity index (χ2v) is 9.55. The Kier molecular flexibility index (Phi) is 7.42. The molecule has 10 nitrogen and oxygen atoms in total. The average Bonchev–Trinajstić information content (AvgIpc) is 3.71. The summed E-state index contributed by atoms with van der Waals surface area (Å²) in [5, 5.41) is 12.8. The van der Waals surface area contributed by atoms with Crippen molar-refractivity contribution in [1.82, 2.24) is 19.1 Å². The SMILES string of the molecule is O=C(O)[C@@H]1C[C@H]1Cn1c(=O)nc(Nc2ccc(Oc3cccc(CF)n3)cc2)n(Cc2ccc(Cl)cc2)c1=O. The van der Waals surface area contributed by atoms with Crippen LogP contribution in [0.3, 0.4) is 0 Å². The predicted molar refractivity (Wildman–Crippen MR) is 141 cm³/mol. The van der Waals surface area contributed by atoms with Gasteiger partial charge in [0.05, 0.1) is 18.2 Å². The molecule has 2 atom stereocenters. The number of pyridine rings is 1. The molecule has 2 N–H and O–H groups in total. The summed E-state index contributed by atoms with van der Waals surface area (Å²) in [5.41, 5.74) is 0.144. The molecule has 1 aliphatic carbocycles. The Morgan fingerprint density at radius 1 is 1.05 bits per heavy atom. The first-order valence-corrected chi connectivity index (χ1v) is 12.4. The standard InChI is InChI=1S/C27H23ClFN5O5/c28-18-6-4-16(5-7-18)14-33-25(32-26(37)34(27(33)38)15-17-12-22(17)24(35)36)31-19-8-10-21(11-9-19)39-23-3-1-2-20(13-29)30-23/h1-11,17,22H,12-15H2,(H,35,36)(H,31,32,37)/t17-,22+/m0/s1. The van der Waals surface area contributed by atoms with Crippen LogP contribution >= 0.6 is 11.6 Å². The number of alkyl halides is 1. The number of aromatic nitrogens is 4. The predicted octanol–water partition coefficient (Wildman–Crippen LogP) is 4.23. The van der Waals surface area contributed by atoms with E-state index in [1.165, 1.54) is 4.57 Å². The number of carboxylic acid groups (broad SMARTS) is 1. The van der Waals surface area contributed by atoms with Crippen LogP contribution in [0.1, 0.15) is 17.7 Å². The average molecular weight is 552 g/mol. The maximum absolute atomic E-state index is 13.4. The highest BCUT2D eigenvalue weighted by Crippen LogP contribution is 2.39. The van der Waals surface area contributed by atoms with Gasteiger partial charge in [-0.3, -0.25) is 9.36 Å². The van der Waals surface area contributed by atoms with Gasteiger partial charge in [0, 0.05) is 23.3 Å². The van der Waals surface area contributed by atoms with Gasteiger partial charge in [0.25, 0.3) is 0 Å². The summed E-state index contributed by atoms with van der Waals surface area (Å²) in [6, 6.07) is 18.3. The van der Waals surface area contributed by atoms with Crippen molar-refractivity contribution in [3.8, 4) is 11.6 Å². The first-order chi connectivity index (χ1) is 18.8. The zero-order chi connectivity index (χ0) is 27.5. The summed E-state index contributed by atoms with van der Waals surface area (Å²) < 4.78 is 20.9. The Morgan fingerprint density at radius 2 is 1.79 bits per heavy atom. The molecule has 0 saturated heterocycles.